The van der Waals surface area contributed by atoms with E-state index in [1.54, 1.807) is 12.1 Å². The van der Waals surface area contributed by atoms with Gasteiger partial charge in [-0.2, -0.15) is 0 Å². The molecule has 1 aromatic rings. The normalized spacial score (nSPS) is 13.1. The number of phenolic OH excluding ortho intramolecular Hbond substituents is 1. The molecule has 3 unspecified atom stereocenters. The number of hydrogen-bond donors (Lipinski definition) is 9. The Morgan fingerprint density at radius 2 is 1.59 bits per heavy atom. The molecule has 0 fully saturated rings. The Morgan fingerprint density at radius 1 is 0.971 bits per heavy atom. The number of amides is 3. The van der Waals surface area contributed by atoms with Crippen molar-refractivity contribution in [3.63, 3.8) is 0 Å². The number of aromatic hydroxyl groups is 1. The van der Waals surface area contributed by atoms with E-state index < -0.39 is 55.0 Å². The molecule has 0 aromatic heterocycles. The van der Waals surface area contributed by atoms with E-state index in [1.807, 2.05) is 0 Å². The summed E-state index contributed by atoms with van der Waals surface area (Å²) in [6.07, 6.45) is 0.439. The van der Waals surface area contributed by atoms with Crippen LogP contribution in [-0.4, -0.2) is 82.8 Å². The van der Waals surface area contributed by atoms with Crippen LogP contribution in [0.15, 0.2) is 29.3 Å². The molecular formula is C20H31N7O7. The fourth-order valence-electron chi connectivity index (χ4n) is 2.78. The molecule has 0 saturated heterocycles. The third-order valence-electron chi connectivity index (χ3n) is 4.54. The van der Waals surface area contributed by atoms with Crippen LogP contribution in [0.4, 0.5) is 0 Å². The standard InChI is InChI=1S/C20H31N7O7/c21-13(8-11-3-5-12(29)6-4-11)17(32)27-15(10-28)19(34)26-14(2-1-7-24-20(22)23)18(33)25-9-16(30)31/h3-6,13-15,28-29H,1-2,7-10,21H2,(H,25,33)(H,26,34)(H,27,32)(H,30,31)(H4,22,23,24). The van der Waals surface area contributed by atoms with Gasteiger partial charge in [0.05, 0.1) is 12.6 Å². The predicted molar refractivity (Wildman–Crippen MR) is 121 cm³/mol. The van der Waals surface area contributed by atoms with Gasteiger partial charge in [0.2, 0.25) is 17.7 Å². The summed E-state index contributed by atoms with van der Waals surface area (Å²) in [5.74, 6) is -3.73. The van der Waals surface area contributed by atoms with Gasteiger partial charge in [-0.05, 0) is 37.0 Å². The lowest BCUT2D eigenvalue weighted by Crippen LogP contribution is -2.57. The van der Waals surface area contributed by atoms with Crippen molar-refractivity contribution in [1.29, 1.82) is 0 Å². The number of nitrogens with one attached hydrogen (secondary N) is 3. The summed E-state index contributed by atoms with van der Waals surface area (Å²) >= 11 is 0. The maximum absolute atomic E-state index is 12.6. The molecule has 14 heteroatoms. The van der Waals surface area contributed by atoms with Crippen LogP contribution in [-0.2, 0) is 25.6 Å². The number of aliphatic carboxylic acids is 1. The highest BCUT2D eigenvalue weighted by Gasteiger charge is 2.27. The number of nitrogens with zero attached hydrogens (tertiary/aromatic N) is 1. The van der Waals surface area contributed by atoms with Crippen LogP contribution in [0.1, 0.15) is 18.4 Å². The lowest BCUT2D eigenvalue weighted by atomic mass is 10.1. The zero-order valence-electron chi connectivity index (χ0n) is 18.4. The first-order chi connectivity index (χ1) is 16.0. The number of phenols is 1. The number of carbonyl (C=O) groups excluding carboxylic acids is 3. The zero-order chi connectivity index (χ0) is 25.7. The number of aliphatic hydroxyl groups is 1. The first-order valence-electron chi connectivity index (χ1n) is 10.3. The van der Waals surface area contributed by atoms with Gasteiger partial charge in [-0.25, -0.2) is 0 Å². The second-order valence-electron chi connectivity index (χ2n) is 7.34. The van der Waals surface area contributed by atoms with Gasteiger partial charge in [-0.1, -0.05) is 12.1 Å². The zero-order valence-corrected chi connectivity index (χ0v) is 18.4. The van der Waals surface area contributed by atoms with E-state index in [0.29, 0.717) is 5.56 Å². The van der Waals surface area contributed by atoms with Crippen LogP contribution in [0.5, 0.6) is 5.75 Å². The number of carboxylic acids is 1. The molecule has 1 rings (SSSR count). The molecule has 0 radical (unpaired) electrons. The smallest absolute Gasteiger partial charge is 0.322 e. The van der Waals surface area contributed by atoms with E-state index in [4.69, 9.17) is 22.3 Å². The van der Waals surface area contributed by atoms with Gasteiger partial charge in [0.1, 0.15) is 24.4 Å². The van der Waals surface area contributed by atoms with Crippen molar-refractivity contribution in [3.05, 3.63) is 29.8 Å². The minimum absolute atomic E-state index is 0.0547. The fourth-order valence-corrected chi connectivity index (χ4v) is 2.78. The maximum Gasteiger partial charge on any atom is 0.322 e. The van der Waals surface area contributed by atoms with Gasteiger partial charge in [0.15, 0.2) is 5.96 Å². The van der Waals surface area contributed by atoms with Crippen LogP contribution < -0.4 is 33.2 Å². The summed E-state index contributed by atoms with van der Waals surface area (Å²) < 4.78 is 0. The number of nitrogens with two attached hydrogens (primary N) is 3. The molecule has 12 N–H and O–H groups in total. The molecule has 1 aromatic carbocycles. The number of aliphatic hydroxyl groups excluding tert-OH is 1. The molecule has 0 spiro atoms. The van der Waals surface area contributed by atoms with E-state index in [-0.39, 0.29) is 37.5 Å². The third-order valence-corrected chi connectivity index (χ3v) is 4.54. The Hall–Kier alpha value is -3.91. The summed E-state index contributed by atoms with van der Waals surface area (Å²) in [5.41, 5.74) is 17.0. The second kappa shape index (κ2) is 14.3. The average molecular weight is 482 g/mol. The molecule has 0 aliphatic rings. The number of aliphatic imine (C=N–C) groups is 1. The van der Waals surface area contributed by atoms with E-state index in [1.165, 1.54) is 12.1 Å². The van der Waals surface area contributed by atoms with Crippen molar-refractivity contribution in [2.75, 3.05) is 19.7 Å². The van der Waals surface area contributed by atoms with Gasteiger partial charge in [0, 0.05) is 6.54 Å². The molecule has 3 amide bonds. The predicted octanol–water partition coefficient (Wildman–Crippen LogP) is -3.52. The van der Waals surface area contributed by atoms with Gasteiger partial charge in [-0.15, -0.1) is 0 Å². The molecule has 188 valence electrons. The van der Waals surface area contributed by atoms with Crippen LogP contribution in [0, 0.1) is 0 Å². The number of benzene rings is 1. The highest BCUT2D eigenvalue weighted by molar-refractivity contribution is 5.93. The van der Waals surface area contributed by atoms with E-state index >= 15 is 0 Å². The summed E-state index contributed by atoms with van der Waals surface area (Å²) in [6, 6.07) is 2.41. The molecule has 34 heavy (non-hydrogen) atoms. The Morgan fingerprint density at radius 3 is 2.15 bits per heavy atom. The molecular weight excluding hydrogens is 450 g/mol. The average Bonchev–Trinajstić information content (AvgIpc) is 2.78. The third kappa shape index (κ3) is 10.6. The summed E-state index contributed by atoms with van der Waals surface area (Å²) in [7, 11) is 0. The largest absolute Gasteiger partial charge is 0.508 e. The summed E-state index contributed by atoms with van der Waals surface area (Å²) in [4.78, 5) is 51.8. The van der Waals surface area contributed by atoms with Gasteiger partial charge in [-0.3, -0.25) is 24.2 Å². The monoisotopic (exact) mass is 481 g/mol. The number of hydrogen-bond acceptors (Lipinski definition) is 8. The SMILES string of the molecule is NC(N)=NCCCC(NC(=O)C(CO)NC(=O)C(N)Cc1ccc(O)cc1)C(=O)NCC(=O)O. The molecule has 0 saturated carbocycles. The van der Waals surface area contributed by atoms with Crippen molar-refractivity contribution in [1.82, 2.24) is 16.0 Å². The Bertz CT molecular complexity index is 873. The lowest BCUT2D eigenvalue weighted by Gasteiger charge is -2.23. The van der Waals surface area contributed by atoms with E-state index in [9.17, 15) is 29.4 Å². The van der Waals surface area contributed by atoms with E-state index in [2.05, 4.69) is 20.9 Å². The second-order valence-corrected chi connectivity index (χ2v) is 7.34. The van der Waals surface area contributed by atoms with Gasteiger partial charge < -0.3 is 48.5 Å². The van der Waals surface area contributed by atoms with Crippen LogP contribution >= 0.6 is 0 Å². The van der Waals surface area contributed by atoms with Crippen LogP contribution in [0.25, 0.3) is 0 Å². The Balaban J connectivity index is 2.76. The number of carboxylic acid groups (broad SMARTS) is 1. The number of guanidine groups is 1. The van der Waals surface area contributed by atoms with Crippen LogP contribution in [0.3, 0.4) is 0 Å². The minimum Gasteiger partial charge on any atom is -0.508 e. The molecule has 0 aliphatic heterocycles. The topological polar surface area (TPSA) is 255 Å². The molecule has 0 bridgehead atoms. The molecule has 14 nitrogen and oxygen atoms in total. The quantitative estimate of drug-likeness (QED) is 0.0718. The first-order valence-corrected chi connectivity index (χ1v) is 10.3. The van der Waals surface area contributed by atoms with Gasteiger partial charge in [0.25, 0.3) is 0 Å². The fraction of sp³-hybridized carbons (Fsp3) is 0.450. The Labute approximate surface area is 195 Å². The van der Waals surface area contributed by atoms with Crippen LogP contribution in [0.2, 0.25) is 0 Å². The van der Waals surface area contributed by atoms with Crippen molar-refractivity contribution in [3.8, 4) is 5.75 Å². The molecule has 0 heterocycles. The number of carbonyl (C=O) groups is 4. The Kier molecular flexibility index (Phi) is 11.8. The van der Waals surface area contributed by atoms with Crippen molar-refractivity contribution >= 4 is 29.7 Å². The van der Waals surface area contributed by atoms with E-state index in [0.717, 1.165) is 0 Å². The molecule has 0 aliphatic carbocycles. The maximum atomic E-state index is 12.6. The lowest BCUT2D eigenvalue weighted by molar-refractivity contribution is -0.138. The highest BCUT2D eigenvalue weighted by Crippen LogP contribution is 2.11. The van der Waals surface area contributed by atoms with Gasteiger partial charge >= 0.3 is 5.97 Å². The van der Waals surface area contributed by atoms with Crippen molar-refractivity contribution in [2.45, 2.75) is 37.4 Å². The minimum atomic E-state index is -1.41. The summed E-state index contributed by atoms with van der Waals surface area (Å²) in [6.45, 7) is -1.28. The van der Waals surface area contributed by atoms with Crippen molar-refractivity contribution in [2.24, 2.45) is 22.2 Å². The summed E-state index contributed by atoms with van der Waals surface area (Å²) in [5, 5.41) is 34.5. The number of rotatable bonds is 14. The first kappa shape index (κ1) is 28.1. The molecule has 3 atom stereocenters. The van der Waals surface area contributed by atoms with Crippen molar-refractivity contribution < 1.29 is 34.5 Å². The highest BCUT2D eigenvalue weighted by atomic mass is 16.4.